The Bertz CT molecular complexity index is 440. The first kappa shape index (κ1) is 8.45. The van der Waals surface area contributed by atoms with Gasteiger partial charge >= 0.3 is 0 Å². The summed E-state index contributed by atoms with van der Waals surface area (Å²) in [6.45, 7) is 0. The number of rotatable bonds is 1. The molecule has 4 heteroatoms. The Kier molecular flexibility index (Phi) is 1.22. The molecule has 5 saturated carbocycles. The van der Waals surface area contributed by atoms with E-state index in [0.717, 1.165) is 47.3 Å². The highest BCUT2D eigenvalue weighted by Gasteiger charge is 2.79. The number of hydrogen-bond donors (Lipinski definition) is 2. The molecule has 0 heterocycles. The van der Waals surface area contributed by atoms with Gasteiger partial charge in [0.05, 0.1) is 0 Å². The summed E-state index contributed by atoms with van der Waals surface area (Å²) in [5.74, 6) is 7.72. The molecular weight excluding hydrogens is 218 g/mol. The minimum atomic E-state index is 0.311. The lowest BCUT2D eigenvalue weighted by Gasteiger charge is -2.44. The molecule has 5 aliphatic carbocycles. The molecule has 0 spiro atoms. The number of hydrogen-bond acceptors (Lipinski definition) is 2. The molecule has 8 atom stereocenters. The summed E-state index contributed by atoms with van der Waals surface area (Å²) in [6, 6.07) is 0. The summed E-state index contributed by atoms with van der Waals surface area (Å²) in [6.07, 6.45) is 3.01. The Morgan fingerprint density at radius 2 is 1.88 bits per heavy atom. The van der Waals surface area contributed by atoms with E-state index in [9.17, 15) is 0 Å². The van der Waals surface area contributed by atoms with Gasteiger partial charge in [-0.1, -0.05) is 0 Å². The van der Waals surface area contributed by atoms with Gasteiger partial charge in [-0.05, 0) is 60.6 Å². The van der Waals surface area contributed by atoms with Gasteiger partial charge in [-0.3, -0.25) is 5.43 Å². The zero-order valence-electron chi connectivity index (χ0n) is 8.97. The molecule has 3 nitrogen and oxygen atoms in total. The maximum Gasteiger partial charge on any atom is 0.184 e. The molecule has 0 aromatic heterocycles. The maximum atomic E-state index is 5.47. The van der Waals surface area contributed by atoms with Gasteiger partial charge < -0.3 is 5.73 Å². The van der Waals surface area contributed by atoms with Crippen molar-refractivity contribution in [3.05, 3.63) is 0 Å². The average molecular weight is 233 g/mol. The number of nitrogens with one attached hydrogen (secondary N) is 1. The van der Waals surface area contributed by atoms with E-state index in [0.29, 0.717) is 5.11 Å². The smallest absolute Gasteiger partial charge is 0.184 e. The normalized spacial score (nSPS) is 64.4. The van der Waals surface area contributed by atoms with Crippen LogP contribution in [-0.4, -0.2) is 10.8 Å². The molecule has 0 aromatic rings. The zero-order valence-corrected chi connectivity index (χ0v) is 9.78. The summed E-state index contributed by atoms with van der Waals surface area (Å²) in [7, 11) is 0. The van der Waals surface area contributed by atoms with Gasteiger partial charge in [-0.25, -0.2) is 0 Å². The Morgan fingerprint density at radius 1 is 1.12 bits per heavy atom. The van der Waals surface area contributed by atoms with Crippen LogP contribution in [0.3, 0.4) is 0 Å². The zero-order chi connectivity index (χ0) is 10.6. The SMILES string of the molecule is NC(=S)N/N=C1/[C@@H]2[C@@H]3C[C@@H]4[C@@H]1[C@H]1[C@H]2C[C@H]3[C@H]41. The molecule has 0 unspecified atom stereocenters. The van der Waals surface area contributed by atoms with E-state index in [1.54, 1.807) is 0 Å². The van der Waals surface area contributed by atoms with Gasteiger partial charge in [0.25, 0.3) is 0 Å². The summed E-state index contributed by atoms with van der Waals surface area (Å²) in [4.78, 5) is 0. The molecule has 5 rings (SSSR count). The highest BCUT2D eigenvalue weighted by Crippen LogP contribution is 2.81. The lowest BCUT2D eigenvalue weighted by atomic mass is 9.59. The molecule has 16 heavy (non-hydrogen) atoms. The number of thiocarbonyl (C=S) groups is 1. The van der Waals surface area contributed by atoms with Crippen molar-refractivity contribution in [3.63, 3.8) is 0 Å². The second-order valence-electron chi connectivity index (χ2n) is 6.35. The minimum Gasteiger partial charge on any atom is -0.375 e. The predicted molar refractivity (Wildman–Crippen MR) is 64.5 cm³/mol. The first-order chi connectivity index (χ1) is 7.77. The fourth-order valence-corrected chi connectivity index (χ4v) is 6.45. The Balaban J connectivity index is 1.60. The van der Waals surface area contributed by atoms with Crippen LogP contribution in [0, 0.1) is 47.3 Å². The Morgan fingerprint density at radius 3 is 2.69 bits per heavy atom. The first-order valence-electron chi connectivity index (χ1n) is 6.40. The fourth-order valence-electron chi connectivity index (χ4n) is 6.40. The van der Waals surface area contributed by atoms with Crippen LogP contribution in [0.15, 0.2) is 5.10 Å². The Hall–Kier alpha value is -0.640. The van der Waals surface area contributed by atoms with E-state index in [2.05, 4.69) is 10.5 Å². The number of nitrogens with zero attached hydrogens (tertiary/aromatic N) is 1. The lowest BCUT2D eigenvalue weighted by molar-refractivity contribution is 0.0503. The van der Waals surface area contributed by atoms with Crippen molar-refractivity contribution in [1.29, 1.82) is 0 Å². The van der Waals surface area contributed by atoms with E-state index < -0.39 is 0 Å². The van der Waals surface area contributed by atoms with E-state index in [1.165, 1.54) is 18.6 Å². The third-order valence-corrected chi connectivity index (χ3v) is 6.43. The second-order valence-corrected chi connectivity index (χ2v) is 6.79. The van der Waals surface area contributed by atoms with Gasteiger partial charge in [0.2, 0.25) is 0 Å². The molecule has 0 amide bonds. The van der Waals surface area contributed by atoms with Gasteiger partial charge in [-0.15, -0.1) is 0 Å². The van der Waals surface area contributed by atoms with Crippen molar-refractivity contribution >= 4 is 23.0 Å². The largest absolute Gasteiger partial charge is 0.375 e. The van der Waals surface area contributed by atoms with Crippen LogP contribution in [-0.2, 0) is 0 Å². The molecule has 84 valence electrons. The van der Waals surface area contributed by atoms with Crippen LogP contribution in [0.5, 0.6) is 0 Å². The van der Waals surface area contributed by atoms with Crippen LogP contribution in [0.25, 0.3) is 0 Å². The van der Waals surface area contributed by atoms with Crippen molar-refractivity contribution < 1.29 is 0 Å². The van der Waals surface area contributed by atoms with Crippen LogP contribution >= 0.6 is 12.2 Å². The predicted octanol–water partition coefficient (Wildman–Crippen LogP) is 0.953. The van der Waals surface area contributed by atoms with Crippen molar-refractivity contribution in [1.82, 2.24) is 5.43 Å². The average Bonchev–Trinajstić information content (AvgIpc) is 2.72. The topological polar surface area (TPSA) is 50.4 Å². The van der Waals surface area contributed by atoms with E-state index in [4.69, 9.17) is 18.0 Å². The lowest BCUT2D eigenvalue weighted by Crippen LogP contribution is -2.44. The van der Waals surface area contributed by atoms with Gasteiger partial charge in [0, 0.05) is 17.5 Å². The quantitative estimate of drug-likeness (QED) is 0.524. The molecule has 3 N–H and O–H groups in total. The molecule has 0 aromatic carbocycles. The van der Waals surface area contributed by atoms with E-state index in [-0.39, 0.29) is 0 Å². The number of nitrogens with two attached hydrogens (primary N) is 1. The van der Waals surface area contributed by atoms with E-state index in [1.807, 2.05) is 0 Å². The van der Waals surface area contributed by atoms with Crippen LogP contribution in [0.2, 0.25) is 0 Å². The van der Waals surface area contributed by atoms with Crippen molar-refractivity contribution in [3.8, 4) is 0 Å². The fraction of sp³-hybridized carbons (Fsp3) is 0.833. The molecule has 5 fully saturated rings. The van der Waals surface area contributed by atoms with Crippen LogP contribution < -0.4 is 11.2 Å². The molecule has 2 bridgehead atoms. The summed E-state index contributed by atoms with van der Waals surface area (Å²) >= 11 is 4.84. The molecule has 0 saturated heterocycles. The van der Waals surface area contributed by atoms with Gasteiger partial charge in [0.1, 0.15) is 0 Å². The summed E-state index contributed by atoms with van der Waals surface area (Å²) in [5.41, 5.74) is 9.75. The third-order valence-electron chi connectivity index (χ3n) is 6.34. The van der Waals surface area contributed by atoms with Crippen LogP contribution in [0.4, 0.5) is 0 Å². The number of fused-ring (bicyclic) bond motifs is 2. The summed E-state index contributed by atoms with van der Waals surface area (Å²) < 4.78 is 0. The maximum absolute atomic E-state index is 5.47. The van der Waals surface area contributed by atoms with E-state index >= 15 is 0 Å². The van der Waals surface area contributed by atoms with Gasteiger partial charge in [0.15, 0.2) is 5.11 Å². The standard InChI is InChI=1S/C12H15N3S/c13-12(16)15-14-11-8-4-2-5-7-3(4)1-6(8)9(7)10(5)11/h3-10H,1-2H2,(H3,13,15,16)/b14-11-/t3-,4-,5+,6+,7-,8-,9+,10-/m1/s1. The molecule has 0 radical (unpaired) electrons. The molecule has 5 aliphatic rings. The van der Waals surface area contributed by atoms with Crippen molar-refractivity contribution in [2.75, 3.05) is 0 Å². The highest BCUT2D eigenvalue weighted by molar-refractivity contribution is 7.80. The first-order valence-corrected chi connectivity index (χ1v) is 6.81. The summed E-state index contributed by atoms with van der Waals surface area (Å²) in [5, 5.41) is 4.85. The minimum absolute atomic E-state index is 0.311. The highest BCUT2D eigenvalue weighted by atomic mass is 32.1. The molecular formula is C12H15N3S. The second kappa shape index (κ2) is 2.30. The number of hydrazone groups is 1. The van der Waals surface area contributed by atoms with Crippen LogP contribution in [0.1, 0.15) is 12.8 Å². The third kappa shape index (κ3) is 0.643. The van der Waals surface area contributed by atoms with Crippen molar-refractivity contribution in [2.45, 2.75) is 12.8 Å². The monoisotopic (exact) mass is 233 g/mol. The van der Waals surface area contributed by atoms with Crippen molar-refractivity contribution in [2.24, 2.45) is 58.2 Å². The van der Waals surface area contributed by atoms with Gasteiger partial charge in [-0.2, -0.15) is 5.10 Å². The molecule has 0 aliphatic heterocycles. The Labute approximate surface area is 99.8 Å².